The molecular weight excluding hydrogens is 450 g/mol. The maximum atomic E-state index is 12.3. The van der Waals surface area contributed by atoms with Crippen molar-refractivity contribution in [3.05, 3.63) is 27.1 Å². The molecule has 7 heteroatoms. The van der Waals surface area contributed by atoms with Crippen molar-refractivity contribution >= 4 is 57.8 Å². The summed E-state index contributed by atoms with van der Waals surface area (Å²) in [5.74, 6) is 0. The lowest BCUT2D eigenvalue weighted by molar-refractivity contribution is 0.556. The van der Waals surface area contributed by atoms with Crippen LogP contribution in [0.2, 0.25) is 0 Å². The summed E-state index contributed by atoms with van der Waals surface area (Å²) < 4.78 is 28.7. The largest absolute Gasteiger partial charge is 0.242 e. The Kier molecular flexibility index (Phi) is 4.91. The lowest BCUT2D eigenvalue weighted by Crippen LogP contribution is -2.37. The summed E-state index contributed by atoms with van der Waals surface area (Å²) in [4.78, 5) is 0.488. The maximum absolute atomic E-state index is 12.3. The van der Waals surface area contributed by atoms with Gasteiger partial charge in [-0.3, -0.25) is 0 Å². The van der Waals surface area contributed by atoms with Crippen LogP contribution in [0.25, 0.3) is 0 Å². The molecule has 100 valence electrons. The van der Waals surface area contributed by atoms with Gasteiger partial charge in [-0.1, -0.05) is 38.3 Å². The van der Waals surface area contributed by atoms with Crippen molar-refractivity contribution in [3.63, 3.8) is 0 Å². The predicted molar refractivity (Wildman–Crippen MR) is 82.5 cm³/mol. The molecule has 1 aromatic rings. The van der Waals surface area contributed by atoms with Crippen LogP contribution < -0.4 is 4.72 Å². The minimum atomic E-state index is -3.49. The SMILES string of the molecule is O=S(=O)(NC1CCCC1Br)c1cc(Br)ccc1Br. The molecule has 2 atom stereocenters. The number of halogens is 3. The predicted octanol–water partition coefficient (Wildman–Crippen LogP) is 3.81. The van der Waals surface area contributed by atoms with Gasteiger partial charge in [0.1, 0.15) is 0 Å². The summed E-state index contributed by atoms with van der Waals surface area (Å²) in [7, 11) is -3.49. The molecule has 0 aromatic heterocycles. The van der Waals surface area contributed by atoms with Crippen molar-refractivity contribution in [3.8, 4) is 0 Å². The van der Waals surface area contributed by atoms with Crippen molar-refractivity contribution in [2.24, 2.45) is 0 Å². The summed E-state index contributed by atoms with van der Waals surface area (Å²) in [5.41, 5.74) is 0. The Morgan fingerprint density at radius 2 is 1.94 bits per heavy atom. The molecule has 0 heterocycles. The molecule has 1 aliphatic carbocycles. The van der Waals surface area contributed by atoms with Crippen molar-refractivity contribution in [1.82, 2.24) is 4.72 Å². The smallest absolute Gasteiger partial charge is 0.207 e. The molecule has 0 spiro atoms. The number of sulfonamides is 1. The standard InChI is InChI=1S/C11H12Br3NO2S/c12-7-4-5-9(14)11(6-7)18(16,17)15-10-3-1-2-8(10)13/h4-6,8,10,15H,1-3H2. The van der Waals surface area contributed by atoms with Crippen molar-refractivity contribution in [2.75, 3.05) is 0 Å². The first-order valence-corrected chi connectivity index (χ1v) is 9.50. The van der Waals surface area contributed by atoms with Gasteiger partial charge in [0.05, 0.1) is 4.90 Å². The van der Waals surface area contributed by atoms with Crippen LogP contribution in [0.15, 0.2) is 32.0 Å². The molecule has 1 N–H and O–H groups in total. The monoisotopic (exact) mass is 459 g/mol. The Balaban J connectivity index is 2.28. The summed E-state index contributed by atoms with van der Waals surface area (Å²) in [6.45, 7) is 0. The third-order valence-corrected chi connectivity index (χ3v) is 6.99. The summed E-state index contributed by atoms with van der Waals surface area (Å²) in [6.07, 6.45) is 2.93. The molecule has 1 aromatic carbocycles. The fourth-order valence-electron chi connectivity index (χ4n) is 1.99. The number of rotatable bonds is 3. The zero-order chi connectivity index (χ0) is 13.3. The lowest BCUT2D eigenvalue weighted by atomic mass is 10.3. The van der Waals surface area contributed by atoms with E-state index in [0.29, 0.717) is 4.47 Å². The third-order valence-electron chi connectivity index (χ3n) is 2.92. The number of hydrogen-bond donors (Lipinski definition) is 1. The number of hydrogen-bond acceptors (Lipinski definition) is 2. The number of nitrogens with one attached hydrogen (secondary N) is 1. The Hall–Kier alpha value is 0.570. The highest BCUT2D eigenvalue weighted by Gasteiger charge is 2.30. The van der Waals surface area contributed by atoms with Crippen molar-refractivity contribution in [2.45, 2.75) is 35.0 Å². The molecule has 2 unspecified atom stereocenters. The second kappa shape index (κ2) is 5.91. The van der Waals surface area contributed by atoms with E-state index in [0.717, 1.165) is 23.7 Å². The molecule has 0 aliphatic heterocycles. The van der Waals surface area contributed by atoms with Crippen LogP contribution in [0.1, 0.15) is 19.3 Å². The summed E-state index contributed by atoms with van der Waals surface area (Å²) >= 11 is 10.1. The quantitative estimate of drug-likeness (QED) is 0.696. The van der Waals surface area contributed by atoms with E-state index in [2.05, 4.69) is 52.5 Å². The van der Waals surface area contributed by atoms with Crippen LogP contribution in [-0.4, -0.2) is 19.3 Å². The molecule has 0 saturated heterocycles. The highest BCUT2D eigenvalue weighted by Crippen LogP contribution is 2.29. The van der Waals surface area contributed by atoms with E-state index in [1.807, 2.05) is 0 Å². The number of alkyl halides is 1. The van der Waals surface area contributed by atoms with Gasteiger partial charge in [0.15, 0.2) is 0 Å². The average Bonchev–Trinajstić information content (AvgIpc) is 2.67. The van der Waals surface area contributed by atoms with Crippen LogP contribution in [-0.2, 0) is 10.0 Å². The van der Waals surface area contributed by atoms with E-state index in [1.54, 1.807) is 18.2 Å². The van der Waals surface area contributed by atoms with Gasteiger partial charge in [-0.25, -0.2) is 13.1 Å². The highest BCUT2D eigenvalue weighted by molar-refractivity contribution is 9.11. The van der Waals surface area contributed by atoms with Gasteiger partial charge in [-0.2, -0.15) is 0 Å². The molecule has 3 nitrogen and oxygen atoms in total. The van der Waals surface area contributed by atoms with E-state index in [9.17, 15) is 8.42 Å². The second-order valence-electron chi connectivity index (χ2n) is 4.25. The average molecular weight is 462 g/mol. The summed E-state index contributed by atoms with van der Waals surface area (Å²) in [6, 6.07) is 5.09. The highest BCUT2D eigenvalue weighted by atomic mass is 79.9. The fourth-order valence-corrected chi connectivity index (χ4v) is 5.70. The maximum Gasteiger partial charge on any atom is 0.242 e. The molecular formula is C11H12Br3NO2S. The Bertz CT molecular complexity index is 547. The molecule has 1 fully saturated rings. The second-order valence-corrected chi connectivity index (χ2v) is 8.88. The number of benzene rings is 1. The lowest BCUT2D eigenvalue weighted by Gasteiger charge is -2.17. The molecule has 1 aliphatic rings. The van der Waals surface area contributed by atoms with E-state index < -0.39 is 10.0 Å². The van der Waals surface area contributed by atoms with Gasteiger partial charge in [-0.15, -0.1) is 0 Å². The molecule has 0 bridgehead atoms. The van der Waals surface area contributed by atoms with Gasteiger partial charge in [0, 0.05) is 19.8 Å². The summed E-state index contributed by atoms with van der Waals surface area (Å²) in [5, 5.41) is 0. The van der Waals surface area contributed by atoms with Gasteiger partial charge in [0.25, 0.3) is 0 Å². The van der Waals surface area contributed by atoms with E-state index in [-0.39, 0.29) is 15.8 Å². The minimum absolute atomic E-state index is 0.0270. The third kappa shape index (κ3) is 3.36. The van der Waals surface area contributed by atoms with Crippen molar-refractivity contribution < 1.29 is 8.42 Å². The zero-order valence-corrected chi connectivity index (χ0v) is 14.9. The van der Waals surface area contributed by atoms with Crippen LogP contribution in [0, 0.1) is 0 Å². The first-order chi connectivity index (χ1) is 8.40. The first kappa shape index (κ1) is 15.0. The normalized spacial score (nSPS) is 24.4. The topological polar surface area (TPSA) is 46.2 Å². The Morgan fingerprint density at radius 1 is 1.22 bits per heavy atom. The van der Waals surface area contributed by atoms with Gasteiger partial charge in [0.2, 0.25) is 10.0 Å². The van der Waals surface area contributed by atoms with E-state index >= 15 is 0 Å². The van der Waals surface area contributed by atoms with Gasteiger partial charge in [-0.05, 0) is 47.0 Å². The first-order valence-electron chi connectivity index (χ1n) is 5.51. The van der Waals surface area contributed by atoms with Crippen LogP contribution in [0.4, 0.5) is 0 Å². The molecule has 0 radical (unpaired) electrons. The minimum Gasteiger partial charge on any atom is -0.207 e. The van der Waals surface area contributed by atoms with E-state index in [1.165, 1.54) is 0 Å². The molecule has 1 saturated carbocycles. The molecule has 2 rings (SSSR count). The van der Waals surface area contributed by atoms with E-state index in [4.69, 9.17) is 0 Å². The van der Waals surface area contributed by atoms with Crippen LogP contribution >= 0.6 is 47.8 Å². The van der Waals surface area contributed by atoms with Crippen LogP contribution in [0.5, 0.6) is 0 Å². The zero-order valence-electron chi connectivity index (χ0n) is 9.37. The van der Waals surface area contributed by atoms with Crippen molar-refractivity contribution in [1.29, 1.82) is 0 Å². The molecule has 18 heavy (non-hydrogen) atoms. The van der Waals surface area contributed by atoms with Gasteiger partial charge >= 0.3 is 0 Å². The van der Waals surface area contributed by atoms with Crippen LogP contribution in [0.3, 0.4) is 0 Å². The Morgan fingerprint density at radius 3 is 2.56 bits per heavy atom. The molecule has 0 amide bonds. The fraction of sp³-hybridized carbons (Fsp3) is 0.455. The Labute approximate surface area is 132 Å². The van der Waals surface area contributed by atoms with Gasteiger partial charge < -0.3 is 0 Å².